The third-order valence-electron chi connectivity index (χ3n) is 7.65. The Labute approximate surface area is 213 Å². The number of aromatic amines is 1. The van der Waals surface area contributed by atoms with E-state index in [4.69, 9.17) is 0 Å². The molecule has 2 aromatic carbocycles. The van der Waals surface area contributed by atoms with Gasteiger partial charge >= 0.3 is 0 Å². The van der Waals surface area contributed by atoms with Crippen molar-refractivity contribution in [1.82, 2.24) is 14.8 Å². The van der Waals surface area contributed by atoms with E-state index in [1.54, 1.807) is 34.1 Å². The molecule has 3 heterocycles. The number of hydrogen-bond donors (Lipinski definition) is 1. The molecular formula is C29H29F2N3O3. The molecule has 0 unspecified atom stereocenters. The van der Waals surface area contributed by atoms with Crippen LogP contribution in [0.5, 0.6) is 0 Å². The molecule has 0 spiro atoms. The monoisotopic (exact) mass is 505 g/mol. The van der Waals surface area contributed by atoms with E-state index >= 15 is 0 Å². The van der Waals surface area contributed by atoms with Crippen molar-refractivity contribution in [2.45, 2.75) is 37.5 Å². The maximum Gasteiger partial charge on any atom is 0.261 e. The van der Waals surface area contributed by atoms with Gasteiger partial charge < -0.3 is 14.8 Å². The lowest BCUT2D eigenvalue weighted by molar-refractivity contribution is 0.0671. The summed E-state index contributed by atoms with van der Waals surface area (Å²) in [6, 6.07) is 14.4. The molecule has 1 aromatic heterocycles. The van der Waals surface area contributed by atoms with Crippen molar-refractivity contribution in [2.75, 3.05) is 26.2 Å². The van der Waals surface area contributed by atoms with Gasteiger partial charge in [-0.25, -0.2) is 8.78 Å². The van der Waals surface area contributed by atoms with Crippen LogP contribution in [0.25, 0.3) is 0 Å². The van der Waals surface area contributed by atoms with Gasteiger partial charge in [0.2, 0.25) is 0 Å². The predicted molar refractivity (Wildman–Crippen MR) is 136 cm³/mol. The van der Waals surface area contributed by atoms with Gasteiger partial charge in [0.05, 0.1) is 5.56 Å². The van der Waals surface area contributed by atoms with Crippen LogP contribution in [-0.4, -0.2) is 52.8 Å². The first-order valence-electron chi connectivity index (χ1n) is 12.7. The number of halogens is 2. The molecule has 2 amide bonds. The number of aromatic nitrogens is 1. The molecule has 2 aliphatic rings. The minimum absolute atomic E-state index is 0.117. The molecule has 37 heavy (non-hydrogen) atoms. The van der Waals surface area contributed by atoms with Crippen LogP contribution in [0, 0.1) is 11.6 Å². The van der Waals surface area contributed by atoms with Crippen LogP contribution in [-0.2, 0) is 0 Å². The third kappa shape index (κ3) is 5.33. The lowest BCUT2D eigenvalue weighted by Gasteiger charge is -2.34. The average molecular weight is 506 g/mol. The van der Waals surface area contributed by atoms with E-state index in [9.17, 15) is 23.2 Å². The summed E-state index contributed by atoms with van der Waals surface area (Å²) in [5.74, 6) is -0.884. The second kappa shape index (κ2) is 10.7. The number of carbonyl (C=O) groups is 2. The Morgan fingerprint density at radius 1 is 0.676 bits per heavy atom. The number of nitrogens with one attached hydrogen (secondary N) is 1. The zero-order chi connectivity index (χ0) is 25.9. The topological polar surface area (TPSA) is 73.5 Å². The minimum Gasteiger partial charge on any atom is -0.339 e. The maximum absolute atomic E-state index is 13.4. The van der Waals surface area contributed by atoms with E-state index < -0.39 is 11.5 Å². The Morgan fingerprint density at radius 3 is 1.57 bits per heavy atom. The number of likely N-dealkylation sites (tertiary alicyclic amines) is 2. The minimum atomic E-state index is -0.572. The molecule has 0 aliphatic carbocycles. The first kappa shape index (κ1) is 24.9. The molecule has 0 bridgehead atoms. The van der Waals surface area contributed by atoms with Crippen LogP contribution < -0.4 is 5.56 Å². The van der Waals surface area contributed by atoms with Gasteiger partial charge in [-0.2, -0.15) is 0 Å². The van der Waals surface area contributed by atoms with Gasteiger partial charge in [0, 0.05) is 32.4 Å². The smallest absolute Gasteiger partial charge is 0.261 e. The van der Waals surface area contributed by atoms with Gasteiger partial charge in [-0.05, 0) is 79.0 Å². The van der Waals surface area contributed by atoms with E-state index in [0.717, 1.165) is 24.0 Å². The van der Waals surface area contributed by atoms with Gasteiger partial charge in [0.1, 0.15) is 17.2 Å². The normalized spacial score (nSPS) is 17.1. The highest BCUT2D eigenvalue weighted by Crippen LogP contribution is 2.30. The number of benzene rings is 2. The molecular weight excluding hydrogens is 476 g/mol. The van der Waals surface area contributed by atoms with Crippen molar-refractivity contribution < 1.29 is 18.4 Å². The fourth-order valence-corrected chi connectivity index (χ4v) is 5.50. The average Bonchev–Trinajstić information content (AvgIpc) is 2.93. The summed E-state index contributed by atoms with van der Waals surface area (Å²) in [7, 11) is 0. The van der Waals surface area contributed by atoms with Crippen molar-refractivity contribution in [3.63, 3.8) is 0 Å². The lowest BCUT2D eigenvalue weighted by Crippen LogP contribution is -2.43. The third-order valence-corrected chi connectivity index (χ3v) is 7.65. The summed E-state index contributed by atoms with van der Waals surface area (Å²) in [5, 5.41) is 0. The summed E-state index contributed by atoms with van der Waals surface area (Å²) in [5.41, 5.74) is 1.51. The quantitative estimate of drug-likeness (QED) is 0.559. The highest BCUT2D eigenvalue weighted by atomic mass is 19.1. The van der Waals surface area contributed by atoms with Crippen LogP contribution >= 0.6 is 0 Å². The van der Waals surface area contributed by atoms with E-state index in [1.807, 2.05) is 0 Å². The van der Waals surface area contributed by atoms with Crippen molar-refractivity contribution in [3.8, 4) is 0 Å². The van der Waals surface area contributed by atoms with Crippen molar-refractivity contribution in [2.24, 2.45) is 0 Å². The standard InChI is InChI=1S/C29H29F2N3O3/c30-23-5-1-19(2-6-23)21-10-15-33(16-11-21)28(36)25-9-14-32-27(35)26(25)29(37)34-17-12-22(13-18-34)20-3-7-24(31)8-4-20/h1-9,14,21-22H,10-13,15-18H2,(H,32,35). The molecule has 1 N–H and O–H groups in total. The fourth-order valence-electron chi connectivity index (χ4n) is 5.50. The Morgan fingerprint density at radius 2 is 1.11 bits per heavy atom. The lowest BCUT2D eigenvalue weighted by atomic mass is 9.88. The number of pyridine rings is 1. The van der Waals surface area contributed by atoms with Crippen molar-refractivity contribution in [1.29, 1.82) is 0 Å². The number of carbonyl (C=O) groups excluding carboxylic acids is 2. The number of hydrogen-bond acceptors (Lipinski definition) is 3. The van der Waals surface area contributed by atoms with E-state index in [2.05, 4.69) is 4.98 Å². The molecule has 5 rings (SSSR count). The highest BCUT2D eigenvalue weighted by molar-refractivity contribution is 6.07. The molecule has 0 saturated carbocycles. The second-order valence-electron chi connectivity index (χ2n) is 9.83. The molecule has 0 atom stereocenters. The second-order valence-corrected chi connectivity index (χ2v) is 9.83. The fraction of sp³-hybridized carbons (Fsp3) is 0.345. The summed E-state index contributed by atoms with van der Waals surface area (Å²) in [4.78, 5) is 45.5. The Hall–Kier alpha value is -3.81. The van der Waals surface area contributed by atoms with Crippen molar-refractivity contribution >= 4 is 11.8 Å². The molecule has 3 aromatic rings. The molecule has 6 nitrogen and oxygen atoms in total. The van der Waals surface area contributed by atoms with E-state index in [-0.39, 0.29) is 40.5 Å². The Kier molecular flexibility index (Phi) is 7.17. The maximum atomic E-state index is 13.4. The van der Waals surface area contributed by atoms with E-state index in [1.165, 1.54) is 36.5 Å². The molecule has 0 radical (unpaired) electrons. The first-order valence-corrected chi connectivity index (χ1v) is 12.7. The highest BCUT2D eigenvalue weighted by Gasteiger charge is 2.32. The largest absolute Gasteiger partial charge is 0.339 e. The summed E-state index contributed by atoms with van der Waals surface area (Å²) >= 11 is 0. The zero-order valence-corrected chi connectivity index (χ0v) is 20.5. The number of amides is 2. The summed E-state index contributed by atoms with van der Waals surface area (Å²) in [6.45, 7) is 1.88. The predicted octanol–water partition coefficient (Wildman–Crippen LogP) is 4.69. The van der Waals surface area contributed by atoms with Crippen LogP contribution in [0.4, 0.5) is 8.78 Å². The summed E-state index contributed by atoms with van der Waals surface area (Å²) in [6.07, 6.45) is 4.24. The van der Waals surface area contributed by atoms with E-state index in [0.29, 0.717) is 39.0 Å². The molecule has 2 saturated heterocycles. The van der Waals surface area contributed by atoms with Gasteiger partial charge in [-0.1, -0.05) is 24.3 Å². The van der Waals surface area contributed by atoms with Gasteiger partial charge in [0.25, 0.3) is 17.4 Å². The Balaban J connectivity index is 1.26. The van der Waals surface area contributed by atoms with Crippen LogP contribution in [0.3, 0.4) is 0 Å². The number of nitrogens with zero attached hydrogens (tertiary/aromatic N) is 2. The van der Waals surface area contributed by atoms with Crippen LogP contribution in [0.15, 0.2) is 65.6 Å². The van der Waals surface area contributed by atoms with Gasteiger partial charge in [-0.3, -0.25) is 14.4 Å². The van der Waals surface area contributed by atoms with Crippen molar-refractivity contribution in [3.05, 3.63) is 105 Å². The molecule has 192 valence electrons. The van der Waals surface area contributed by atoms with Gasteiger partial charge in [0.15, 0.2) is 0 Å². The number of piperidine rings is 2. The zero-order valence-electron chi connectivity index (χ0n) is 20.5. The number of rotatable bonds is 4. The molecule has 2 fully saturated rings. The first-order chi connectivity index (χ1) is 17.9. The SMILES string of the molecule is O=C(c1cc[nH]c(=O)c1C(=O)N1CCC(c2ccc(F)cc2)CC1)N1CCC(c2ccc(F)cc2)CC1. The van der Waals surface area contributed by atoms with Crippen LogP contribution in [0.1, 0.15) is 69.4 Å². The van der Waals surface area contributed by atoms with Crippen LogP contribution in [0.2, 0.25) is 0 Å². The number of H-pyrrole nitrogens is 1. The Bertz CT molecular complexity index is 1320. The molecule has 8 heteroatoms. The summed E-state index contributed by atoms with van der Waals surface area (Å²) < 4.78 is 26.5. The molecule has 2 aliphatic heterocycles. The van der Waals surface area contributed by atoms with Gasteiger partial charge in [-0.15, -0.1) is 0 Å².